The van der Waals surface area contributed by atoms with E-state index in [0.717, 1.165) is 85.3 Å². The topological polar surface area (TPSA) is 141 Å². The Morgan fingerprint density at radius 2 is 1.49 bits per heavy atom. The summed E-state index contributed by atoms with van der Waals surface area (Å²) in [5.41, 5.74) is 3.82. The Balaban J connectivity index is 1.25. The number of carbonyl (C=O) groups excluding carboxylic acids is 2. The van der Waals surface area contributed by atoms with Crippen molar-refractivity contribution in [2.24, 2.45) is 0 Å². The van der Waals surface area contributed by atoms with Crippen LogP contribution in [-0.2, 0) is 13.9 Å². The molecule has 298 valence electrons. The molecule has 0 saturated heterocycles. The number of rotatable bonds is 22. The number of unbranched alkanes of at least 4 members (excludes halogenated alkanes) is 8. The molecule has 2 amide bonds. The quantitative estimate of drug-likeness (QED) is 0.0313. The molecule has 1 unspecified atom stereocenters. The number of amides is 2. The van der Waals surface area contributed by atoms with Gasteiger partial charge < -0.3 is 29.6 Å². The van der Waals surface area contributed by atoms with E-state index in [-0.39, 0.29) is 35.7 Å². The Morgan fingerprint density at radius 3 is 2.16 bits per heavy atom. The minimum Gasteiger partial charge on any atom is -0.478 e. The van der Waals surface area contributed by atoms with E-state index in [0.29, 0.717) is 42.8 Å². The zero-order chi connectivity index (χ0) is 40.0. The molecule has 2 aromatic rings. The van der Waals surface area contributed by atoms with Crippen LogP contribution in [0.3, 0.4) is 0 Å². The molecule has 1 aliphatic heterocycles. The number of carboxylic acid groups (broad SMARTS) is 1. The third kappa shape index (κ3) is 12.8. The van der Waals surface area contributed by atoms with Gasteiger partial charge in [0.15, 0.2) is 0 Å². The van der Waals surface area contributed by atoms with Crippen LogP contribution in [0.2, 0.25) is 0 Å². The molecule has 0 aromatic heterocycles. The van der Waals surface area contributed by atoms with Gasteiger partial charge in [0.2, 0.25) is 11.3 Å². The van der Waals surface area contributed by atoms with Gasteiger partial charge in [0, 0.05) is 73.5 Å². The molecule has 0 spiro atoms. The van der Waals surface area contributed by atoms with Crippen molar-refractivity contribution in [1.82, 2.24) is 15.2 Å². The molecule has 13 heteroatoms. The van der Waals surface area contributed by atoms with Crippen molar-refractivity contribution in [2.75, 3.05) is 58.9 Å². The standard InChI is InChI=1S/C42H56FN4O7P/c1-6-53-55(43,52)26-16-11-9-7-8-10-13-17-39(48)44-24-14-12-15-25-45-41(49)30-18-21-33(36(27-30)42(50)51)40-34-22-19-31(46(2)3)28-37(34)54-38-29-32(47(4)5)20-23-35(38)40/h18-23,27-29H,6-17,24-26H2,1-5H3,(H2-,44,45,48,49,50,51)/p+1. The van der Waals surface area contributed by atoms with Crippen LogP contribution in [0, 0.1) is 0 Å². The van der Waals surface area contributed by atoms with E-state index in [2.05, 4.69) is 15.2 Å². The van der Waals surface area contributed by atoms with E-state index in [4.69, 9.17) is 4.42 Å². The summed E-state index contributed by atoms with van der Waals surface area (Å²) in [7, 11) is 3.87. The van der Waals surface area contributed by atoms with Gasteiger partial charge in [-0.1, -0.05) is 38.2 Å². The molecular formula is C42H57FN4O7P+. The largest absolute Gasteiger partial charge is 0.478 e. The third-order valence-electron chi connectivity index (χ3n) is 9.62. The highest BCUT2D eigenvalue weighted by atomic mass is 31.2. The van der Waals surface area contributed by atoms with Crippen LogP contribution < -0.4 is 25.5 Å². The predicted molar refractivity (Wildman–Crippen MR) is 218 cm³/mol. The summed E-state index contributed by atoms with van der Waals surface area (Å²) in [6.07, 6.45) is 8.89. The Hall–Kier alpha value is -4.54. The number of fused-ring (bicyclic) bond motifs is 2. The van der Waals surface area contributed by atoms with Gasteiger partial charge in [-0.15, -0.1) is 0 Å². The molecule has 11 nitrogen and oxygen atoms in total. The van der Waals surface area contributed by atoms with E-state index in [1.807, 2.05) is 74.1 Å². The maximum absolute atomic E-state index is 13.5. The average Bonchev–Trinajstić information content (AvgIpc) is 3.14. The Bertz CT molecular complexity index is 2020. The van der Waals surface area contributed by atoms with Crippen LogP contribution in [0.15, 0.2) is 59.0 Å². The molecule has 0 fully saturated rings. The van der Waals surface area contributed by atoms with E-state index >= 15 is 0 Å². The highest BCUT2D eigenvalue weighted by Crippen LogP contribution is 2.49. The summed E-state index contributed by atoms with van der Waals surface area (Å²) in [6.45, 7) is 2.75. The van der Waals surface area contributed by atoms with Gasteiger partial charge in [0.1, 0.15) is 25.4 Å². The van der Waals surface area contributed by atoms with Crippen molar-refractivity contribution < 1.29 is 37.2 Å². The summed E-state index contributed by atoms with van der Waals surface area (Å²) in [5.74, 6) is -0.836. The fraction of sp³-hybridized carbons (Fsp3) is 0.476. The van der Waals surface area contributed by atoms with Crippen LogP contribution in [0.25, 0.3) is 33.4 Å². The van der Waals surface area contributed by atoms with Crippen LogP contribution in [0.4, 0.5) is 9.88 Å². The number of hydrogen-bond donors (Lipinski definition) is 3. The lowest BCUT2D eigenvalue weighted by atomic mass is 9.89. The number of carbonyl (C=O) groups is 3. The smallest absolute Gasteiger partial charge is 0.367 e. The van der Waals surface area contributed by atoms with Crippen molar-refractivity contribution in [3.05, 3.63) is 71.1 Å². The van der Waals surface area contributed by atoms with E-state index in [1.165, 1.54) is 6.07 Å². The molecule has 0 saturated carbocycles. The average molecular weight is 780 g/mol. The monoisotopic (exact) mass is 779 g/mol. The first kappa shape index (κ1) is 43.2. The van der Waals surface area contributed by atoms with E-state index in [1.54, 1.807) is 19.1 Å². The van der Waals surface area contributed by atoms with Gasteiger partial charge >= 0.3 is 13.6 Å². The number of nitrogens with zero attached hydrogens (tertiary/aromatic N) is 2. The molecular weight excluding hydrogens is 722 g/mol. The lowest BCUT2D eigenvalue weighted by Crippen LogP contribution is -2.26. The highest BCUT2D eigenvalue weighted by molar-refractivity contribution is 7.53. The molecule has 2 aliphatic rings. The summed E-state index contributed by atoms with van der Waals surface area (Å²) in [4.78, 5) is 40.0. The van der Waals surface area contributed by atoms with Gasteiger partial charge in [0.05, 0.1) is 24.4 Å². The van der Waals surface area contributed by atoms with Crippen LogP contribution in [0.5, 0.6) is 0 Å². The first-order valence-electron chi connectivity index (χ1n) is 19.4. The molecule has 0 bridgehead atoms. The van der Waals surface area contributed by atoms with Gasteiger partial charge in [-0.05, 0) is 74.9 Å². The van der Waals surface area contributed by atoms with E-state index in [9.17, 15) is 28.3 Å². The second-order valence-corrected chi connectivity index (χ2v) is 16.2. The second-order valence-electron chi connectivity index (χ2n) is 14.3. The Kier molecular flexibility index (Phi) is 16.5. The number of hydrogen-bond acceptors (Lipinski definition) is 7. The molecule has 0 radical (unpaired) electrons. The zero-order valence-electron chi connectivity index (χ0n) is 32.9. The van der Waals surface area contributed by atoms with Crippen LogP contribution in [0.1, 0.15) is 98.3 Å². The third-order valence-corrected chi connectivity index (χ3v) is 11.1. The first-order valence-corrected chi connectivity index (χ1v) is 21.1. The first-order chi connectivity index (χ1) is 26.3. The molecule has 1 atom stereocenters. The lowest BCUT2D eigenvalue weighted by Gasteiger charge is -2.19. The minimum absolute atomic E-state index is 0.0137. The summed E-state index contributed by atoms with van der Waals surface area (Å²) < 4.78 is 38.0. The van der Waals surface area contributed by atoms with Gasteiger partial charge in [-0.2, -0.15) is 4.20 Å². The summed E-state index contributed by atoms with van der Waals surface area (Å²) >= 11 is 0. The molecule has 4 rings (SSSR count). The fourth-order valence-electron chi connectivity index (χ4n) is 6.57. The van der Waals surface area contributed by atoms with Gasteiger partial charge in [0.25, 0.3) is 5.91 Å². The van der Waals surface area contributed by atoms with Crippen molar-refractivity contribution in [2.45, 2.75) is 77.6 Å². The number of halogens is 1. The maximum atomic E-state index is 13.5. The van der Waals surface area contributed by atoms with Crippen molar-refractivity contribution in [3.63, 3.8) is 0 Å². The number of nitrogens with one attached hydrogen (secondary N) is 2. The van der Waals surface area contributed by atoms with Gasteiger partial charge in [-0.25, -0.2) is 9.37 Å². The number of anilines is 1. The van der Waals surface area contributed by atoms with Crippen molar-refractivity contribution in [3.8, 4) is 22.5 Å². The molecule has 2 aromatic carbocycles. The molecule has 1 aliphatic carbocycles. The maximum Gasteiger partial charge on any atom is 0.367 e. The number of aromatic carboxylic acids is 1. The van der Waals surface area contributed by atoms with Crippen molar-refractivity contribution in [1.29, 1.82) is 0 Å². The van der Waals surface area contributed by atoms with Gasteiger partial charge in [-0.3, -0.25) is 14.2 Å². The molecule has 55 heavy (non-hydrogen) atoms. The van der Waals surface area contributed by atoms with Crippen LogP contribution >= 0.6 is 7.68 Å². The summed E-state index contributed by atoms with van der Waals surface area (Å²) in [6, 6.07) is 16.5. The van der Waals surface area contributed by atoms with E-state index < -0.39 is 13.6 Å². The minimum atomic E-state index is -3.92. The van der Waals surface area contributed by atoms with Crippen LogP contribution in [-0.4, -0.2) is 76.9 Å². The lowest BCUT2D eigenvalue weighted by molar-refractivity contribution is -0.121. The SMILES string of the molecule is CCOP(=O)(F)CCCCCCCCCC(=O)NCCCCCNC(=O)c1ccc(-c2c3ccc(=[N+](C)C)cc-3oc3cc(N(C)C)ccc23)c(C(=O)O)c1. The van der Waals surface area contributed by atoms with Crippen molar-refractivity contribution >= 4 is 42.1 Å². The number of benzene rings is 3. The highest BCUT2D eigenvalue weighted by Gasteiger charge is 2.24. The Morgan fingerprint density at radius 1 is 0.836 bits per heavy atom. The predicted octanol–water partition coefficient (Wildman–Crippen LogP) is 8.34. The zero-order valence-corrected chi connectivity index (χ0v) is 33.8. The number of carboxylic acids is 1. The Labute approximate surface area is 323 Å². The molecule has 3 N–H and O–H groups in total. The normalized spacial score (nSPS) is 12.4. The molecule has 1 heterocycles. The summed E-state index contributed by atoms with van der Waals surface area (Å²) in [5, 5.41) is 17.9. The second kappa shape index (κ2) is 20.9. The fourth-order valence-corrected chi connectivity index (χ4v) is 7.68.